The molecule has 0 radical (unpaired) electrons. The standard InChI is InChI=1S/C12H16ClF3N2S/c1-3-19-5-4-8(2)17-11-7-9(12(14,15)16)6-10(13)18-11/h6-8H,3-5H2,1-2H3,(H,17,18). The average Bonchev–Trinajstić information content (AvgIpc) is 2.27. The Bertz CT molecular complexity index is 412. The van der Waals surface area contributed by atoms with E-state index in [0.29, 0.717) is 0 Å². The van der Waals surface area contributed by atoms with E-state index in [1.54, 1.807) is 11.8 Å². The average molecular weight is 313 g/mol. The summed E-state index contributed by atoms with van der Waals surface area (Å²) in [5, 5.41) is 2.79. The molecule has 0 saturated carbocycles. The summed E-state index contributed by atoms with van der Waals surface area (Å²) >= 11 is 7.40. The fourth-order valence-electron chi connectivity index (χ4n) is 1.46. The van der Waals surface area contributed by atoms with Gasteiger partial charge < -0.3 is 5.32 Å². The van der Waals surface area contributed by atoms with Crippen molar-refractivity contribution in [1.29, 1.82) is 0 Å². The van der Waals surface area contributed by atoms with Crippen LogP contribution in [0.3, 0.4) is 0 Å². The highest BCUT2D eigenvalue weighted by atomic mass is 35.5. The van der Waals surface area contributed by atoms with Crippen molar-refractivity contribution in [3.05, 3.63) is 22.8 Å². The first-order chi connectivity index (χ1) is 8.82. The molecule has 1 rings (SSSR count). The summed E-state index contributed by atoms with van der Waals surface area (Å²) in [5.41, 5.74) is -0.787. The number of pyridine rings is 1. The molecule has 0 aromatic carbocycles. The first-order valence-electron chi connectivity index (χ1n) is 5.92. The van der Waals surface area contributed by atoms with Crippen molar-refractivity contribution in [2.75, 3.05) is 16.8 Å². The van der Waals surface area contributed by atoms with Crippen LogP contribution in [0, 0.1) is 0 Å². The summed E-state index contributed by atoms with van der Waals surface area (Å²) in [6, 6.07) is 1.85. The third-order valence-corrected chi connectivity index (χ3v) is 3.54. The number of thioether (sulfide) groups is 1. The molecule has 1 atom stereocenters. The van der Waals surface area contributed by atoms with E-state index in [9.17, 15) is 13.2 Å². The molecule has 0 bridgehead atoms. The van der Waals surface area contributed by atoms with E-state index in [4.69, 9.17) is 11.6 Å². The highest BCUT2D eigenvalue weighted by Crippen LogP contribution is 2.32. The van der Waals surface area contributed by atoms with Gasteiger partial charge in [0.05, 0.1) is 5.56 Å². The summed E-state index contributed by atoms with van der Waals surface area (Å²) in [5.74, 6) is 2.14. The molecule has 0 aliphatic heterocycles. The number of hydrogen-bond donors (Lipinski definition) is 1. The molecule has 0 aliphatic carbocycles. The summed E-state index contributed by atoms with van der Waals surface area (Å²) in [6.45, 7) is 3.98. The minimum atomic E-state index is -4.41. The second-order valence-electron chi connectivity index (χ2n) is 4.09. The lowest BCUT2D eigenvalue weighted by atomic mass is 10.2. The SMILES string of the molecule is CCSCCC(C)Nc1cc(C(F)(F)F)cc(Cl)n1. The van der Waals surface area contributed by atoms with Crippen molar-refractivity contribution in [1.82, 2.24) is 4.98 Å². The fourth-order valence-corrected chi connectivity index (χ4v) is 2.48. The van der Waals surface area contributed by atoms with Crippen LogP contribution in [0.1, 0.15) is 25.8 Å². The Balaban J connectivity index is 2.70. The number of nitrogens with one attached hydrogen (secondary N) is 1. The van der Waals surface area contributed by atoms with Crippen LogP contribution < -0.4 is 5.32 Å². The van der Waals surface area contributed by atoms with Gasteiger partial charge in [0.15, 0.2) is 0 Å². The van der Waals surface area contributed by atoms with E-state index in [2.05, 4.69) is 17.2 Å². The van der Waals surface area contributed by atoms with Crippen molar-refractivity contribution >= 4 is 29.2 Å². The number of alkyl halides is 3. The molecule has 0 saturated heterocycles. The quantitative estimate of drug-likeness (QED) is 0.609. The highest BCUT2D eigenvalue weighted by Gasteiger charge is 2.31. The van der Waals surface area contributed by atoms with Crippen molar-refractivity contribution in [3.8, 4) is 0 Å². The van der Waals surface area contributed by atoms with Crippen LogP contribution in [0.15, 0.2) is 12.1 Å². The van der Waals surface area contributed by atoms with Crippen LogP contribution in [-0.2, 0) is 6.18 Å². The number of halogens is 4. The summed E-state index contributed by atoms with van der Waals surface area (Å²) < 4.78 is 37.8. The molecule has 1 N–H and O–H groups in total. The Morgan fingerprint density at radius 3 is 2.68 bits per heavy atom. The van der Waals surface area contributed by atoms with E-state index in [1.807, 2.05) is 6.92 Å². The van der Waals surface area contributed by atoms with Gasteiger partial charge in [-0.15, -0.1) is 0 Å². The van der Waals surface area contributed by atoms with Gasteiger partial charge in [0.1, 0.15) is 11.0 Å². The number of nitrogens with zero attached hydrogens (tertiary/aromatic N) is 1. The van der Waals surface area contributed by atoms with Gasteiger partial charge >= 0.3 is 6.18 Å². The normalized spacial score (nSPS) is 13.4. The van der Waals surface area contributed by atoms with Gasteiger partial charge in [0.2, 0.25) is 0 Å². The van der Waals surface area contributed by atoms with E-state index in [1.165, 1.54) is 0 Å². The van der Waals surface area contributed by atoms with Crippen LogP contribution >= 0.6 is 23.4 Å². The second kappa shape index (κ2) is 7.24. The molecule has 0 amide bonds. The number of rotatable bonds is 6. The van der Waals surface area contributed by atoms with E-state index in [-0.39, 0.29) is 17.0 Å². The Morgan fingerprint density at radius 1 is 1.42 bits per heavy atom. The predicted molar refractivity (Wildman–Crippen MR) is 74.9 cm³/mol. The zero-order valence-corrected chi connectivity index (χ0v) is 12.3. The highest BCUT2D eigenvalue weighted by molar-refractivity contribution is 7.99. The Morgan fingerprint density at radius 2 is 2.11 bits per heavy atom. The molecule has 7 heteroatoms. The lowest BCUT2D eigenvalue weighted by Gasteiger charge is -2.16. The van der Waals surface area contributed by atoms with E-state index >= 15 is 0 Å². The minimum absolute atomic E-state index is 0.0473. The molecule has 19 heavy (non-hydrogen) atoms. The molecular weight excluding hydrogens is 297 g/mol. The zero-order valence-electron chi connectivity index (χ0n) is 10.7. The van der Waals surface area contributed by atoms with Crippen molar-refractivity contribution in [3.63, 3.8) is 0 Å². The molecule has 1 aromatic heterocycles. The molecular formula is C12H16ClF3N2S. The minimum Gasteiger partial charge on any atom is -0.368 e. The lowest BCUT2D eigenvalue weighted by Crippen LogP contribution is -2.18. The maximum atomic E-state index is 12.6. The van der Waals surface area contributed by atoms with Gasteiger partial charge in [-0.1, -0.05) is 18.5 Å². The summed E-state index contributed by atoms with van der Waals surface area (Å²) in [4.78, 5) is 3.86. The van der Waals surface area contributed by atoms with Crippen LogP contribution in [0.4, 0.5) is 19.0 Å². The molecule has 2 nitrogen and oxygen atoms in total. The Kier molecular flexibility index (Phi) is 6.26. The molecule has 0 fully saturated rings. The largest absolute Gasteiger partial charge is 0.416 e. The summed E-state index contributed by atoms with van der Waals surface area (Å²) in [6.07, 6.45) is -3.56. The van der Waals surface area contributed by atoms with Gasteiger partial charge in [-0.3, -0.25) is 0 Å². The lowest BCUT2D eigenvalue weighted by molar-refractivity contribution is -0.137. The van der Waals surface area contributed by atoms with E-state index < -0.39 is 11.7 Å². The molecule has 0 aliphatic rings. The Hall–Kier alpha value is -0.620. The van der Waals surface area contributed by atoms with Crippen molar-refractivity contribution in [2.45, 2.75) is 32.5 Å². The van der Waals surface area contributed by atoms with Crippen molar-refractivity contribution in [2.24, 2.45) is 0 Å². The van der Waals surface area contributed by atoms with Crippen LogP contribution in [0.25, 0.3) is 0 Å². The third-order valence-electron chi connectivity index (χ3n) is 2.42. The smallest absolute Gasteiger partial charge is 0.368 e. The maximum absolute atomic E-state index is 12.6. The third kappa shape index (κ3) is 5.91. The number of hydrogen-bond acceptors (Lipinski definition) is 3. The van der Waals surface area contributed by atoms with Gasteiger partial charge in [-0.05, 0) is 37.0 Å². The molecule has 1 aromatic rings. The van der Waals surface area contributed by atoms with Gasteiger partial charge in [-0.25, -0.2) is 4.98 Å². The van der Waals surface area contributed by atoms with Gasteiger partial charge in [0.25, 0.3) is 0 Å². The number of aromatic nitrogens is 1. The van der Waals surface area contributed by atoms with Gasteiger partial charge in [-0.2, -0.15) is 24.9 Å². The first-order valence-corrected chi connectivity index (χ1v) is 7.45. The molecule has 0 spiro atoms. The number of anilines is 1. The first kappa shape index (κ1) is 16.4. The predicted octanol–water partition coefficient (Wildman–Crippen LogP) is 4.70. The van der Waals surface area contributed by atoms with Gasteiger partial charge in [0, 0.05) is 6.04 Å². The second-order valence-corrected chi connectivity index (χ2v) is 5.87. The van der Waals surface area contributed by atoms with Crippen molar-refractivity contribution < 1.29 is 13.2 Å². The maximum Gasteiger partial charge on any atom is 0.416 e. The van der Waals surface area contributed by atoms with E-state index in [0.717, 1.165) is 30.1 Å². The summed E-state index contributed by atoms with van der Waals surface area (Å²) in [7, 11) is 0. The molecule has 1 unspecified atom stereocenters. The van der Waals surface area contributed by atoms with Crippen LogP contribution in [-0.4, -0.2) is 22.5 Å². The van der Waals surface area contributed by atoms with Crippen LogP contribution in [0.2, 0.25) is 5.15 Å². The topological polar surface area (TPSA) is 24.9 Å². The molecule has 1 heterocycles. The zero-order chi connectivity index (χ0) is 14.5. The van der Waals surface area contributed by atoms with Crippen LogP contribution in [0.5, 0.6) is 0 Å². The molecule has 108 valence electrons. The fraction of sp³-hybridized carbons (Fsp3) is 0.583. The monoisotopic (exact) mass is 312 g/mol. The Labute approximate surface area is 120 Å².